The first kappa shape index (κ1) is 17.6. The monoisotopic (exact) mass is 335 g/mol. The van der Waals surface area contributed by atoms with Gasteiger partial charge in [-0.15, -0.1) is 0 Å². The van der Waals surface area contributed by atoms with Crippen LogP contribution in [0.2, 0.25) is 0 Å². The number of nitrogens with one attached hydrogen (secondary N) is 1. The molecule has 0 bridgehead atoms. The Morgan fingerprint density at radius 1 is 1.09 bits per heavy atom. The van der Waals surface area contributed by atoms with Gasteiger partial charge in [-0.2, -0.15) is 0 Å². The molecule has 3 nitrogen and oxygen atoms in total. The van der Waals surface area contributed by atoms with E-state index in [1.807, 2.05) is 38.1 Å². The normalized spacial score (nSPS) is 13.0. The zero-order chi connectivity index (χ0) is 16.9. The Hall–Kier alpha value is -1.72. The molecule has 0 aliphatic heterocycles. The van der Waals surface area contributed by atoms with Crippen LogP contribution < -0.4 is 4.72 Å². The zero-order valence-electron chi connectivity index (χ0n) is 13.4. The SMILES string of the molecule is CCCS(=O)(=O)NCC(C)c1ccc(-c2ccccc2F)cc1. The van der Waals surface area contributed by atoms with Gasteiger partial charge < -0.3 is 0 Å². The number of hydrogen-bond acceptors (Lipinski definition) is 2. The summed E-state index contributed by atoms with van der Waals surface area (Å²) in [5.41, 5.74) is 2.39. The van der Waals surface area contributed by atoms with E-state index in [0.29, 0.717) is 18.5 Å². The van der Waals surface area contributed by atoms with Gasteiger partial charge in [0.15, 0.2) is 0 Å². The van der Waals surface area contributed by atoms with Crippen LogP contribution in [0.15, 0.2) is 48.5 Å². The van der Waals surface area contributed by atoms with E-state index in [0.717, 1.165) is 11.1 Å². The van der Waals surface area contributed by atoms with Crippen LogP contribution in [0, 0.1) is 5.82 Å². The summed E-state index contributed by atoms with van der Waals surface area (Å²) in [5.74, 6) is -0.0525. The third-order valence-corrected chi connectivity index (χ3v) is 5.30. The van der Waals surface area contributed by atoms with Crippen LogP contribution in [0.3, 0.4) is 0 Å². The molecule has 2 aromatic carbocycles. The van der Waals surface area contributed by atoms with Crippen molar-refractivity contribution in [2.24, 2.45) is 0 Å². The minimum atomic E-state index is -3.19. The second-order valence-electron chi connectivity index (χ2n) is 5.67. The molecule has 23 heavy (non-hydrogen) atoms. The lowest BCUT2D eigenvalue weighted by Crippen LogP contribution is -2.29. The van der Waals surface area contributed by atoms with Crippen molar-refractivity contribution in [3.63, 3.8) is 0 Å². The molecule has 0 heterocycles. The summed E-state index contributed by atoms with van der Waals surface area (Å²) < 4.78 is 39.8. The van der Waals surface area contributed by atoms with E-state index >= 15 is 0 Å². The van der Waals surface area contributed by atoms with Gasteiger partial charge in [0.2, 0.25) is 10.0 Å². The van der Waals surface area contributed by atoms with E-state index in [4.69, 9.17) is 0 Å². The summed E-state index contributed by atoms with van der Waals surface area (Å²) >= 11 is 0. The lowest BCUT2D eigenvalue weighted by molar-refractivity contribution is 0.573. The Morgan fingerprint density at radius 3 is 2.35 bits per heavy atom. The summed E-state index contributed by atoms with van der Waals surface area (Å²) in [5, 5.41) is 0. The minimum absolute atomic E-state index is 0.0521. The fourth-order valence-corrected chi connectivity index (χ4v) is 3.58. The molecular formula is C18H22FNO2S. The van der Waals surface area contributed by atoms with Crippen molar-refractivity contribution in [1.82, 2.24) is 4.72 Å². The summed E-state index contributed by atoms with van der Waals surface area (Å²) in [6, 6.07) is 14.2. The standard InChI is InChI=1S/C18H22FNO2S/c1-3-12-23(21,22)20-13-14(2)15-8-10-16(11-9-15)17-6-4-5-7-18(17)19/h4-11,14,20H,3,12-13H2,1-2H3. The molecule has 5 heteroatoms. The van der Waals surface area contributed by atoms with Crippen molar-refractivity contribution < 1.29 is 12.8 Å². The van der Waals surface area contributed by atoms with Gasteiger partial charge >= 0.3 is 0 Å². The maximum Gasteiger partial charge on any atom is 0.211 e. The Balaban J connectivity index is 2.06. The molecule has 124 valence electrons. The summed E-state index contributed by atoms with van der Waals surface area (Å²) in [7, 11) is -3.19. The number of benzene rings is 2. The number of rotatable bonds is 7. The van der Waals surface area contributed by atoms with Crippen LogP contribution in [0.1, 0.15) is 31.7 Å². The highest BCUT2D eigenvalue weighted by Gasteiger charge is 2.12. The highest BCUT2D eigenvalue weighted by atomic mass is 32.2. The fourth-order valence-electron chi connectivity index (χ4n) is 2.40. The molecule has 0 aromatic heterocycles. The van der Waals surface area contributed by atoms with Gasteiger partial charge in [0, 0.05) is 12.1 Å². The number of halogens is 1. The fraction of sp³-hybridized carbons (Fsp3) is 0.333. The number of sulfonamides is 1. The van der Waals surface area contributed by atoms with E-state index in [1.165, 1.54) is 6.07 Å². The minimum Gasteiger partial charge on any atom is -0.215 e. The molecule has 0 radical (unpaired) electrons. The molecule has 2 rings (SSSR count). The molecule has 0 saturated carbocycles. The predicted molar refractivity (Wildman–Crippen MR) is 92.3 cm³/mol. The van der Waals surface area contributed by atoms with E-state index in [1.54, 1.807) is 18.2 Å². The highest BCUT2D eigenvalue weighted by molar-refractivity contribution is 7.89. The zero-order valence-corrected chi connectivity index (χ0v) is 14.2. The average Bonchev–Trinajstić information content (AvgIpc) is 2.53. The van der Waals surface area contributed by atoms with Crippen LogP contribution >= 0.6 is 0 Å². The van der Waals surface area contributed by atoms with Crippen LogP contribution in [0.5, 0.6) is 0 Å². The van der Waals surface area contributed by atoms with Crippen LogP contribution in [0.25, 0.3) is 11.1 Å². The van der Waals surface area contributed by atoms with Gasteiger partial charge in [0.1, 0.15) is 5.82 Å². The molecule has 0 saturated heterocycles. The van der Waals surface area contributed by atoms with Gasteiger partial charge in [0.05, 0.1) is 5.75 Å². The molecule has 2 aromatic rings. The Labute approximate surface area is 137 Å². The Kier molecular flexibility index (Phi) is 5.91. The van der Waals surface area contributed by atoms with Crippen molar-refractivity contribution in [1.29, 1.82) is 0 Å². The van der Waals surface area contributed by atoms with Crippen LogP contribution in [0.4, 0.5) is 4.39 Å². The predicted octanol–water partition coefficient (Wildman–Crippen LogP) is 3.93. The highest BCUT2D eigenvalue weighted by Crippen LogP contribution is 2.24. The quantitative estimate of drug-likeness (QED) is 0.833. The first-order valence-corrected chi connectivity index (χ1v) is 9.40. The van der Waals surface area contributed by atoms with E-state index in [9.17, 15) is 12.8 Å². The van der Waals surface area contributed by atoms with Crippen molar-refractivity contribution in [2.75, 3.05) is 12.3 Å². The molecular weight excluding hydrogens is 313 g/mol. The third kappa shape index (κ3) is 4.88. The van der Waals surface area contributed by atoms with Crippen LogP contribution in [-0.4, -0.2) is 20.7 Å². The lowest BCUT2D eigenvalue weighted by atomic mass is 9.97. The molecule has 1 unspecified atom stereocenters. The second-order valence-corrected chi connectivity index (χ2v) is 7.60. The molecule has 0 aliphatic carbocycles. The van der Waals surface area contributed by atoms with Gasteiger partial charge in [-0.25, -0.2) is 17.5 Å². The van der Waals surface area contributed by atoms with Crippen molar-refractivity contribution in [2.45, 2.75) is 26.2 Å². The summed E-state index contributed by atoms with van der Waals surface area (Å²) in [6.45, 7) is 4.16. The van der Waals surface area contributed by atoms with E-state index in [-0.39, 0.29) is 17.5 Å². The molecule has 0 aliphatic rings. The summed E-state index contributed by atoms with van der Waals surface area (Å²) in [4.78, 5) is 0. The van der Waals surface area contributed by atoms with E-state index in [2.05, 4.69) is 4.72 Å². The second kappa shape index (κ2) is 7.70. The average molecular weight is 335 g/mol. The Morgan fingerprint density at radius 2 is 1.74 bits per heavy atom. The van der Waals surface area contributed by atoms with Crippen molar-refractivity contribution in [3.05, 3.63) is 59.9 Å². The van der Waals surface area contributed by atoms with Gasteiger partial charge in [0.25, 0.3) is 0 Å². The van der Waals surface area contributed by atoms with E-state index < -0.39 is 10.0 Å². The lowest BCUT2D eigenvalue weighted by Gasteiger charge is -2.14. The van der Waals surface area contributed by atoms with Crippen molar-refractivity contribution >= 4 is 10.0 Å². The third-order valence-electron chi connectivity index (χ3n) is 3.75. The molecule has 1 N–H and O–H groups in total. The molecule has 0 spiro atoms. The maximum atomic E-state index is 13.8. The number of hydrogen-bond donors (Lipinski definition) is 1. The topological polar surface area (TPSA) is 46.2 Å². The molecule has 0 fully saturated rings. The van der Waals surface area contributed by atoms with Crippen LogP contribution in [-0.2, 0) is 10.0 Å². The smallest absolute Gasteiger partial charge is 0.211 e. The van der Waals surface area contributed by atoms with Gasteiger partial charge in [-0.3, -0.25) is 0 Å². The van der Waals surface area contributed by atoms with Gasteiger partial charge in [-0.1, -0.05) is 56.3 Å². The molecule has 1 atom stereocenters. The van der Waals surface area contributed by atoms with Gasteiger partial charge in [-0.05, 0) is 29.5 Å². The first-order chi connectivity index (χ1) is 10.9. The maximum absolute atomic E-state index is 13.8. The Bertz CT molecular complexity index is 742. The first-order valence-electron chi connectivity index (χ1n) is 7.75. The van der Waals surface area contributed by atoms with Crippen molar-refractivity contribution in [3.8, 4) is 11.1 Å². The molecule has 0 amide bonds. The largest absolute Gasteiger partial charge is 0.215 e. The summed E-state index contributed by atoms with van der Waals surface area (Å²) in [6.07, 6.45) is 0.598.